The highest BCUT2D eigenvalue weighted by atomic mass is 28.3. The van der Waals surface area contributed by atoms with Crippen LogP contribution < -0.4 is 10.6 Å². The molecule has 3 aromatic carbocycles. The van der Waals surface area contributed by atoms with E-state index < -0.39 is 32.3 Å². The Morgan fingerprint density at radius 1 is 0.800 bits per heavy atom. The third kappa shape index (κ3) is 9.02. The number of aromatic nitrogens is 4. The molecule has 5 aromatic rings. The number of fused-ring (bicyclic) bond motifs is 3. The number of aromatic amines is 2. The molecule has 2 aromatic heterocycles. The maximum atomic E-state index is 14.1. The molecule has 0 aliphatic carbocycles. The smallest absolute Gasteiger partial charge is 0.407 e. The molecule has 2 aliphatic rings. The molecule has 0 saturated carbocycles. The standard InChI is InChI=1S/C43H56N10O6Si/c1-50(2)22-33(47-42(56)58-5)40(54)52-19-9-10-35(52)38-44-21-32(46-38)27-13-11-26(12-14-27)28-15-17-30-29(20-28)16-18-31-37(30)49-39(45-31)36-24-60(7,8)25-53(36)41(55)34(23-51(3)4)48-43(57)59-6/h11-18,20-21,33-36H,9-10,19,22-25H2,1-8H3,(H,44,46)(H,45,49)(H,47,56)(H,48,57)/t33-,34-,35-,36+/m1/s1. The number of hydrogen-bond donors (Lipinski definition) is 4. The Balaban J connectivity index is 1.08. The van der Waals surface area contributed by atoms with Crippen molar-refractivity contribution in [3.63, 3.8) is 0 Å². The van der Waals surface area contributed by atoms with Gasteiger partial charge in [0, 0.05) is 31.2 Å². The highest BCUT2D eigenvalue weighted by Crippen LogP contribution is 2.39. The van der Waals surface area contributed by atoms with Gasteiger partial charge < -0.3 is 49.7 Å². The molecule has 17 heteroatoms. The van der Waals surface area contributed by atoms with E-state index in [-0.39, 0.29) is 23.9 Å². The fourth-order valence-electron chi connectivity index (χ4n) is 8.62. The summed E-state index contributed by atoms with van der Waals surface area (Å²) < 4.78 is 9.62. The van der Waals surface area contributed by atoms with E-state index in [1.165, 1.54) is 14.2 Å². The van der Waals surface area contributed by atoms with E-state index in [1.807, 2.05) is 49.0 Å². The number of nitrogens with one attached hydrogen (secondary N) is 4. The molecule has 0 unspecified atom stereocenters. The van der Waals surface area contributed by atoms with Crippen LogP contribution in [0.15, 0.2) is 60.8 Å². The third-order valence-corrected chi connectivity index (χ3v) is 14.1. The van der Waals surface area contributed by atoms with E-state index >= 15 is 0 Å². The molecule has 0 bridgehead atoms. The van der Waals surface area contributed by atoms with Gasteiger partial charge in [0.05, 0.1) is 57.3 Å². The molecular formula is C43H56N10O6Si. The number of likely N-dealkylation sites (N-methyl/N-ethyl adjacent to an activating group) is 2. The molecule has 4 atom stereocenters. The van der Waals surface area contributed by atoms with Gasteiger partial charge in [0.25, 0.3) is 0 Å². The second-order valence-corrected chi connectivity index (χ2v) is 22.3. The predicted molar refractivity (Wildman–Crippen MR) is 233 cm³/mol. The van der Waals surface area contributed by atoms with Gasteiger partial charge in [0.2, 0.25) is 11.8 Å². The summed E-state index contributed by atoms with van der Waals surface area (Å²) in [5, 5.41) is 7.50. The molecule has 4 amide bonds. The van der Waals surface area contributed by atoms with Gasteiger partial charge in [-0.2, -0.15) is 0 Å². The van der Waals surface area contributed by atoms with E-state index in [2.05, 4.69) is 82.2 Å². The summed E-state index contributed by atoms with van der Waals surface area (Å²) in [6.07, 6.45) is 2.80. The molecular weight excluding hydrogens is 781 g/mol. The van der Waals surface area contributed by atoms with Crippen LogP contribution in [0.25, 0.3) is 44.2 Å². The van der Waals surface area contributed by atoms with Gasteiger partial charge in [-0.3, -0.25) is 9.59 Å². The number of alkyl carbamates (subject to hydrolysis) is 2. The SMILES string of the molecule is COC(=O)N[C@H](CN(C)C)C(=O)N1CCC[C@@H]1c1ncc(-c2ccc(-c3ccc4c(ccc5[nH]c([C@@H]6C[Si](C)(C)CN6C(=O)[C@@H](CN(C)C)NC(=O)OC)nc54)c3)cc2)[nH]1. The molecule has 7 rings (SSSR count). The van der Waals surface area contributed by atoms with E-state index in [4.69, 9.17) is 19.4 Å². The van der Waals surface area contributed by atoms with Crippen molar-refractivity contribution in [1.29, 1.82) is 0 Å². The van der Waals surface area contributed by atoms with Crippen molar-refractivity contribution in [2.45, 2.75) is 56.1 Å². The summed E-state index contributed by atoms with van der Waals surface area (Å²) in [6, 6.07) is 17.7. The Kier molecular flexibility index (Phi) is 12.3. The minimum atomic E-state index is -1.79. The summed E-state index contributed by atoms with van der Waals surface area (Å²) in [5.74, 6) is 1.16. The minimum Gasteiger partial charge on any atom is -0.453 e. The molecule has 2 saturated heterocycles. The van der Waals surface area contributed by atoms with Gasteiger partial charge in [-0.15, -0.1) is 0 Å². The van der Waals surface area contributed by atoms with Gasteiger partial charge in [0.15, 0.2) is 0 Å². The largest absolute Gasteiger partial charge is 0.453 e. The van der Waals surface area contributed by atoms with E-state index in [0.29, 0.717) is 31.6 Å². The number of methoxy groups -OCH3 is 2. The first-order chi connectivity index (χ1) is 28.6. The summed E-state index contributed by atoms with van der Waals surface area (Å²) in [5.41, 5.74) is 5.70. The molecule has 2 fully saturated rings. The molecule has 4 N–H and O–H groups in total. The Morgan fingerprint density at radius 3 is 2.05 bits per heavy atom. The minimum absolute atomic E-state index is 0.140. The Bertz CT molecular complexity index is 2380. The molecule has 2 aliphatic heterocycles. The van der Waals surface area contributed by atoms with Crippen molar-refractivity contribution >= 4 is 53.9 Å². The maximum absolute atomic E-state index is 14.1. The second-order valence-electron chi connectivity index (χ2n) is 17.2. The van der Waals surface area contributed by atoms with Crippen LogP contribution in [0.4, 0.5) is 9.59 Å². The summed E-state index contributed by atoms with van der Waals surface area (Å²) in [4.78, 5) is 76.3. The number of amides is 4. The fourth-order valence-corrected chi connectivity index (χ4v) is 11.5. The van der Waals surface area contributed by atoms with Crippen LogP contribution in [0.3, 0.4) is 0 Å². The number of carbonyl (C=O) groups is 4. The number of rotatable bonds is 12. The van der Waals surface area contributed by atoms with Crippen molar-refractivity contribution in [3.8, 4) is 22.4 Å². The fraction of sp³-hybridized carbons (Fsp3) is 0.442. The lowest BCUT2D eigenvalue weighted by Gasteiger charge is -2.30. The average Bonchev–Trinajstić information content (AvgIpc) is 4.04. The lowest BCUT2D eigenvalue weighted by atomic mass is 9.99. The molecule has 0 spiro atoms. The number of imidazole rings is 2. The van der Waals surface area contributed by atoms with Crippen LogP contribution in [-0.4, -0.2) is 152 Å². The number of nitrogens with zero attached hydrogens (tertiary/aromatic N) is 6. The van der Waals surface area contributed by atoms with Crippen molar-refractivity contribution in [1.82, 2.24) is 50.2 Å². The van der Waals surface area contributed by atoms with Crippen LogP contribution in [0, 0.1) is 0 Å². The predicted octanol–water partition coefficient (Wildman–Crippen LogP) is 5.14. The van der Waals surface area contributed by atoms with Crippen LogP contribution in [-0.2, 0) is 19.1 Å². The van der Waals surface area contributed by atoms with Crippen molar-refractivity contribution in [3.05, 3.63) is 72.4 Å². The zero-order valence-electron chi connectivity index (χ0n) is 35.7. The van der Waals surface area contributed by atoms with E-state index in [9.17, 15) is 19.2 Å². The second kappa shape index (κ2) is 17.4. The summed E-state index contributed by atoms with van der Waals surface area (Å²) >= 11 is 0. The van der Waals surface area contributed by atoms with Crippen LogP contribution in [0.2, 0.25) is 19.1 Å². The summed E-state index contributed by atoms with van der Waals surface area (Å²) in [6.45, 7) is 5.84. The lowest BCUT2D eigenvalue weighted by molar-refractivity contribution is -0.135. The number of benzene rings is 3. The topological polar surface area (TPSA) is 181 Å². The monoisotopic (exact) mass is 836 g/mol. The third-order valence-electron chi connectivity index (χ3n) is 11.4. The summed E-state index contributed by atoms with van der Waals surface area (Å²) in [7, 11) is 8.24. The first-order valence-electron chi connectivity index (χ1n) is 20.3. The number of ether oxygens (including phenoxy) is 2. The highest BCUT2D eigenvalue weighted by molar-refractivity contribution is 6.78. The zero-order chi connectivity index (χ0) is 42.9. The van der Waals surface area contributed by atoms with Gasteiger partial charge >= 0.3 is 12.2 Å². The van der Waals surface area contributed by atoms with Crippen LogP contribution in [0.1, 0.15) is 36.6 Å². The Morgan fingerprint density at radius 2 is 1.42 bits per heavy atom. The average molecular weight is 837 g/mol. The van der Waals surface area contributed by atoms with Gasteiger partial charge in [-0.05, 0) is 81.3 Å². The number of carbonyl (C=O) groups excluding carboxylic acids is 4. The zero-order valence-corrected chi connectivity index (χ0v) is 36.7. The van der Waals surface area contributed by atoms with Crippen LogP contribution in [0.5, 0.6) is 0 Å². The molecule has 0 radical (unpaired) electrons. The first-order valence-corrected chi connectivity index (χ1v) is 23.7. The van der Waals surface area contributed by atoms with E-state index in [0.717, 1.165) is 68.9 Å². The van der Waals surface area contributed by atoms with E-state index in [1.54, 1.807) is 11.1 Å². The van der Waals surface area contributed by atoms with Gasteiger partial charge in [-0.25, -0.2) is 19.6 Å². The number of hydrogen-bond acceptors (Lipinski definition) is 10. The molecule has 318 valence electrons. The molecule has 16 nitrogen and oxygen atoms in total. The quantitative estimate of drug-likeness (QED) is 0.123. The maximum Gasteiger partial charge on any atom is 0.407 e. The Hall–Kier alpha value is -5.78. The normalized spacial score (nSPS) is 18.6. The van der Waals surface area contributed by atoms with Gasteiger partial charge in [0.1, 0.15) is 23.7 Å². The van der Waals surface area contributed by atoms with Crippen molar-refractivity contribution < 1.29 is 28.7 Å². The number of H-pyrrole nitrogens is 2. The highest BCUT2D eigenvalue weighted by Gasteiger charge is 2.45. The number of likely N-dealkylation sites (tertiary alicyclic amines) is 1. The molecule has 4 heterocycles. The Labute approximate surface area is 351 Å². The van der Waals surface area contributed by atoms with Crippen molar-refractivity contribution in [2.24, 2.45) is 0 Å². The van der Waals surface area contributed by atoms with Gasteiger partial charge in [-0.1, -0.05) is 55.6 Å². The van der Waals surface area contributed by atoms with Crippen LogP contribution >= 0.6 is 0 Å². The lowest BCUT2D eigenvalue weighted by Crippen LogP contribution is -2.53. The first kappa shape index (κ1) is 42.3. The van der Waals surface area contributed by atoms with Crippen molar-refractivity contribution in [2.75, 3.05) is 68.2 Å². The molecule has 60 heavy (non-hydrogen) atoms.